The smallest absolute Gasteiger partial charge is 0.251 e. The third-order valence-electron chi connectivity index (χ3n) is 3.57. The Morgan fingerprint density at radius 3 is 2.58 bits per heavy atom. The van der Waals surface area contributed by atoms with Crippen LogP contribution >= 0.6 is 11.6 Å². The molecule has 0 heterocycles. The summed E-state index contributed by atoms with van der Waals surface area (Å²) in [5, 5.41) is 12.4. The lowest BCUT2D eigenvalue weighted by molar-refractivity contribution is 0.0950. The molecule has 0 bridgehead atoms. The fraction of sp³-hybridized carbons (Fsp3) is 0.533. The van der Waals surface area contributed by atoms with Crippen molar-refractivity contribution < 1.29 is 9.90 Å². The van der Waals surface area contributed by atoms with E-state index >= 15 is 0 Å². The van der Waals surface area contributed by atoms with E-state index in [1.807, 2.05) is 0 Å². The number of nitrogens with one attached hydrogen (secondary N) is 1. The Bertz CT molecular complexity index is 430. The number of phenols is 1. The van der Waals surface area contributed by atoms with E-state index in [-0.39, 0.29) is 17.0 Å². The van der Waals surface area contributed by atoms with Gasteiger partial charge in [0.05, 0.1) is 5.38 Å². The van der Waals surface area contributed by atoms with Crippen molar-refractivity contribution in [2.24, 2.45) is 5.92 Å². The topological polar surface area (TPSA) is 49.3 Å². The van der Waals surface area contributed by atoms with Gasteiger partial charge in [-0.1, -0.05) is 32.8 Å². The maximum absolute atomic E-state index is 12.0. The van der Waals surface area contributed by atoms with Crippen molar-refractivity contribution in [1.29, 1.82) is 0 Å². The van der Waals surface area contributed by atoms with E-state index in [2.05, 4.69) is 19.2 Å². The second-order valence-corrected chi connectivity index (χ2v) is 5.31. The van der Waals surface area contributed by atoms with Crippen LogP contribution in [0.25, 0.3) is 0 Å². The van der Waals surface area contributed by atoms with Crippen molar-refractivity contribution in [1.82, 2.24) is 5.32 Å². The molecule has 1 unspecified atom stereocenters. The monoisotopic (exact) mass is 283 g/mol. The lowest BCUT2D eigenvalue weighted by Gasteiger charge is -2.19. The number of phenolic OH excluding ortho intramolecular Hbond substituents is 1. The Hall–Kier alpha value is -1.22. The molecule has 0 fully saturated rings. The van der Waals surface area contributed by atoms with Gasteiger partial charge in [0.15, 0.2) is 0 Å². The summed E-state index contributed by atoms with van der Waals surface area (Å²) in [5.41, 5.74) is 1.09. The highest BCUT2D eigenvalue weighted by molar-refractivity contribution is 6.21. The molecule has 0 aliphatic heterocycles. The zero-order valence-corrected chi connectivity index (χ0v) is 12.5. The highest BCUT2D eigenvalue weighted by Gasteiger charge is 2.18. The number of benzene rings is 1. The summed E-state index contributed by atoms with van der Waals surface area (Å²) in [5.74, 6) is 0.354. The van der Waals surface area contributed by atoms with Gasteiger partial charge < -0.3 is 10.4 Å². The molecular formula is C15H22ClNO2. The SMILES string of the molecule is CCC(CC)C(Cl)CNC(=O)c1cccc(O)c1C. The van der Waals surface area contributed by atoms with Gasteiger partial charge in [-0.25, -0.2) is 0 Å². The van der Waals surface area contributed by atoms with E-state index in [9.17, 15) is 9.90 Å². The molecule has 0 radical (unpaired) electrons. The minimum Gasteiger partial charge on any atom is -0.508 e. The third-order valence-corrected chi connectivity index (χ3v) is 4.08. The van der Waals surface area contributed by atoms with Gasteiger partial charge in [-0.2, -0.15) is 0 Å². The standard InChI is InChI=1S/C15H22ClNO2/c1-4-11(5-2)13(16)9-17-15(19)12-7-6-8-14(18)10(12)3/h6-8,11,13,18H,4-5,9H2,1-3H3,(H,17,19). The third kappa shape index (κ3) is 4.13. The predicted octanol–water partition coefficient (Wildman–Crippen LogP) is 3.47. The molecule has 0 aromatic heterocycles. The predicted molar refractivity (Wildman–Crippen MR) is 78.9 cm³/mol. The number of rotatable bonds is 6. The molecule has 0 aliphatic carbocycles. The summed E-state index contributed by atoms with van der Waals surface area (Å²) in [4.78, 5) is 12.0. The second kappa shape index (κ2) is 7.39. The Morgan fingerprint density at radius 1 is 1.37 bits per heavy atom. The zero-order chi connectivity index (χ0) is 14.4. The van der Waals surface area contributed by atoms with Gasteiger partial charge in [-0.05, 0) is 25.0 Å². The molecule has 1 rings (SSSR count). The van der Waals surface area contributed by atoms with Gasteiger partial charge in [-0.15, -0.1) is 11.6 Å². The summed E-state index contributed by atoms with van der Waals surface area (Å²) in [7, 11) is 0. The number of carbonyl (C=O) groups excluding carboxylic acids is 1. The number of hydrogen-bond acceptors (Lipinski definition) is 2. The molecule has 1 atom stereocenters. The Labute approximate surface area is 120 Å². The molecule has 1 aromatic carbocycles. The van der Waals surface area contributed by atoms with Crippen molar-refractivity contribution in [3.8, 4) is 5.75 Å². The molecule has 4 heteroatoms. The number of hydrogen-bond donors (Lipinski definition) is 2. The first kappa shape index (κ1) is 15.8. The first-order valence-corrected chi connectivity index (χ1v) is 7.15. The van der Waals surface area contributed by atoms with Crippen LogP contribution in [0.15, 0.2) is 18.2 Å². The van der Waals surface area contributed by atoms with E-state index in [0.717, 1.165) is 12.8 Å². The Balaban J connectivity index is 2.63. The molecule has 3 nitrogen and oxygen atoms in total. The quantitative estimate of drug-likeness (QED) is 0.786. The van der Waals surface area contributed by atoms with Crippen LogP contribution in [-0.4, -0.2) is 22.9 Å². The van der Waals surface area contributed by atoms with Gasteiger partial charge in [-0.3, -0.25) is 4.79 Å². The molecule has 2 N–H and O–H groups in total. The van der Waals surface area contributed by atoms with Crippen LogP contribution in [0.2, 0.25) is 0 Å². The minimum atomic E-state index is -0.190. The van der Waals surface area contributed by atoms with Crippen LogP contribution in [0, 0.1) is 12.8 Å². The Morgan fingerprint density at radius 2 is 2.00 bits per heavy atom. The van der Waals surface area contributed by atoms with Crippen molar-refractivity contribution in [2.75, 3.05) is 6.54 Å². The molecule has 0 aliphatic rings. The maximum Gasteiger partial charge on any atom is 0.251 e. The summed E-state index contributed by atoms with van der Waals surface area (Å²) < 4.78 is 0. The largest absolute Gasteiger partial charge is 0.508 e. The highest BCUT2D eigenvalue weighted by atomic mass is 35.5. The van der Waals surface area contributed by atoms with Gasteiger partial charge in [0.1, 0.15) is 5.75 Å². The van der Waals surface area contributed by atoms with Crippen LogP contribution in [-0.2, 0) is 0 Å². The molecule has 1 aromatic rings. The van der Waals surface area contributed by atoms with Crippen molar-refractivity contribution in [3.63, 3.8) is 0 Å². The normalized spacial score (nSPS) is 12.5. The number of carbonyl (C=O) groups is 1. The molecule has 0 spiro atoms. The lowest BCUT2D eigenvalue weighted by Crippen LogP contribution is -2.33. The molecule has 0 saturated carbocycles. The minimum absolute atomic E-state index is 0.0587. The Kier molecular flexibility index (Phi) is 6.16. The van der Waals surface area contributed by atoms with E-state index in [1.54, 1.807) is 25.1 Å². The average molecular weight is 284 g/mol. The first-order chi connectivity index (χ1) is 9.01. The fourth-order valence-electron chi connectivity index (χ4n) is 2.12. The van der Waals surface area contributed by atoms with E-state index in [0.29, 0.717) is 23.6 Å². The van der Waals surface area contributed by atoms with Crippen molar-refractivity contribution in [2.45, 2.75) is 39.0 Å². The summed E-state index contributed by atoms with van der Waals surface area (Å²) in [6.45, 7) is 6.38. The second-order valence-electron chi connectivity index (χ2n) is 4.75. The van der Waals surface area contributed by atoms with Gasteiger partial charge in [0.2, 0.25) is 0 Å². The summed E-state index contributed by atoms with van der Waals surface area (Å²) in [6.07, 6.45) is 2.01. The van der Waals surface area contributed by atoms with E-state index < -0.39 is 0 Å². The summed E-state index contributed by atoms with van der Waals surface area (Å²) in [6, 6.07) is 4.93. The van der Waals surface area contributed by atoms with Gasteiger partial charge in [0.25, 0.3) is 5.91 Å². The van der Waals surface area contributed by atoms with E-state index in [4.69, 9.17) is 11.6 Å². The highest BCUT2D eigenvalue weighted by Crippen LogP contribution is 2.20. The van der Waals surface area contributed by atoms with Crippen molar-refractivity contribution in [3.05, 3.63) is 29.3 Å². The molecule has 19 heavy (non-hydrogen) atoms. The molecule has 1 amide bonds. The number of alkyl halides is 1. The van der Waals surface area contributed by atoms with Crippen LogP contribution in [0.3, 0.4) is 0 Å². The van der Waals surface area contributed by atoms with Crippen LogP contribution in [0.1, 0.15) is 42.6 Å². The number of aromatic hydroxyl groups is 1. The number of halogens is 1. The van der Waals surface area contributed by atoms with Crippen molar-refractivity contribution >= 4 is 17.5 Å². The lowest BCUT2D eigenvalue weighted by atomic mass is 9.99. The fourth-order valence-corrected chi connectivity index (χ4v) is 2.56. The summed E-state index contributed by atoms with van der Waals surface area (Å²) >= 11 is 6.29. The van der Waals surface area contributed by atoms with Crippen LogP contribution < -0.4 is 5.32 Å². The molecule has 106 valence electrons. The molecule has 0 saturated heterocycles. The van der Waals surface area contributed by atoms with Crippen LogP contribution in [0.4, 0.5) is 0 Å². The van der Waals surface area contributed by atoms with E-state index in [1.165, 1.54) is 0 Å². The molecular weight excluding hydrogens is 262 g/mol. The zero-order valence-electron chi connectivity index (χ0n) is 11.7. The van der Waals surface area contributed by atoms with Gasteiger partial charge >= 0.3 is 0 Å². The first-order valence-electron chi connectivity index (χ1n) is 6.72. The van der Waals surface area contributed by atoms with Gasteiger partial charge in [0, 0.05) is 17.7 Å². The average Bonchev–Trinajstić information content (AvgIpc) is 2.40. The maximum atomic E-state index is 12.0. The number of amides is 1. The van der Waals surface area contributed by atoms with Crippen LogP contribution in [0.5, 0.6) is 5.75 Å².